The van der Waals surface area contributed by atoms with Crippen molar-refractivity contribution in [2.75, 3.05) is 10.6 Å². The molecule has 1 aliphatic rings. The number of amides is 1. The Morgan fingerprint density at radius 1 is 1.21 bits per heavy atom. The molecule has 3 N–H and O–H groups in total. The van der Waals surface area contributed by atoms with Gasteiger partial charge in [-0.2, -0.15) is 15.1 Å². The maximum absolute atomic E-state index is 11.5. The monoisotopic (exact) mass is 395 g/mol. The summed E-state index contributed by atoms with van der Waals surface area (Å²) < 4.78 is 0. The highest BCUT2D eigenvalue weighted by Crippen LogP contribution is 2.39. The second kappa shape index (κ2) is 7.97. The molecule has 3 aromatic rings. The summed E-state index contributed by atoms with van der Waals surface area (Å²) in [6.07, 6.45) is 2.89. The van der Waals surface area contributed by atoms with Gasteiger partial charge in [0, 0.05) is 34.7 Å². The van der Waals surface area contributed by atoms with Gasteiger partial charge in [-0.05, 0) is 55.8 Å². The summed E-state index contributed by atoms with van der Waals surface area (Å²) in [6.45, 7) is 3.66. The number of anilines is 3. The molecule has 0 spiro atoms. The molecule has 144 valence electrons. The maximum atomic E-state index is 11.5. The molecule has 0 atom stereocenters. The Morgan fingerprint density at radius 3 is 2.71 bits per heavy atom. The number of aromatic amines is 1. The van der Waals surface area contributed by atoms with E-state index in [9.17, 15) is 4.79 Å². The first-order valence-electron chi connectivity index (χ1n) is 9.22. The zero-order valence-electron chi connectivity index (χ0n) is 15.7. The van der Waals surface area contributed by atoms with Crippen molar-refractivity contribution < 1.29 is 4.79 Å². The highest BCUT2D eigenvalue weighted by molar-refractivity contribution is 7.99. The van der Waals surface area contributed by atoms with E-state index in [1.54, 1.807) is 0 Å². The lowest BCUT2D eigenvalue weighted by Crippen LogP contribution is -2.09. The van der Waals surface area contributed by atoms with Crippen LogP contribution in [0.3, 0.4) is 0 Å². The number of benzene rings is 1. The Morgan fingerprint density at radius 2 is 2.00 bits per heavy atom. The molecule has 1 aromatic carbocycles. The van der Waals surface area contributed by atoms with Crippen LogP contribution in [0.4, 0.5) is 17.5 Å². The Balaban J connectivity index is 1.44. The highest BCUT2D eigenvalue weighted by Gasteiger charge is 2.25. The minimum atomic E-state index is -0.00702. The highest BCUT2D eigenvalue weighted by atomic mass is 32.2. The van der Waals surface area contributed by atoms with Gasteiger partial charge < -0.3 is 10.6 Å². The summed E-state index contributed by atoms with van der Waals surface area (Å²) in [5.74, 6) is 2.41. The van der Waals surface area contributed by atoms with Gasteiger partial charge in [-0.1, -0.05) is 6.92 Å². The molecule has 0 aliphatic heterocycles. The number of aromatic nitrogens is 5. The fourth-order valence-corrected chi connectivity index (χ4v) is 3.43. The van der Waals surface area contributed by atoms with Crippen LogP contribution in [0, 0.1) is 6.92 Å². The van der Waals surface area contributed by atoms with Crippen LogP contribution in [-0.4, -0.2) is 31.1 Å². The van der Waals surface area contributed by atoms with Gasteiger partial charge in [-0.15, -0.1) is 0 Å². The van der Waals surface area contributed by atoms with E-state index in [1.807, 2.05) is 44.2 Å². The lowest BCUT2D eigenvalue weighted by atomic mass is 10.3. The second-order valence-corrected chi connectivity index (χ2v) is 7.67. The Kier molecular flexibility index (Phi) is 5.25. The summed E-state index contributed by atoms with van der Waals surface area (Å²) in [7, 11) is 0. The molecule has 1 saturated carbocycles. The molecule has 9 heteroatoms. The van der Waals surface area contributed by atoms with Gasteiger partial charge >= 0.3 is 0 Å². The standard InChI is InChI=1S/C19H21N7OS/c1-3-17(27)22-13-6-8-14(9-7-13)28-19-21-11(2)20-18(24-19)23-16-10-15(25-26-16)12-4-5-12/h6-10,12H,3-5H2,1-2H3,(H,22,27)(H2,20,21,23,24,25,26). The number of hydrogen-bond acceptors (Lipinski definition) is 7. The largest absolute Gasteiger partial charge is 0.326 e. The average Bonchev–Trinajstić information content (AvgIpc) is 3.42. The van der Waals surface area contributed by atoms with Crippen LogP contribution < -0.4 is 10.6 Å². The van der Waals surface area contributed by atoms with E-state index in [2.05, 4.69) is 35.8 Å². The molecule has 0 bridgehead atoms. The third kappa shape index (κ3) is 4.66. The summed E-state index contributed by atoms with van der Waals surface area (Å²) in [5, 5.41) is 13.9. The molecular formula is C19H21N7OS. The Hall–Kier alpha value is -2.94. The van der Waals surface area contributed by atoms with Gasteiger partial charge in [0.15, 0.2) is 11.0 Å². The third-order valence-corrected chi connectivity index (χ3v) is 5.12. The van der Waals surface area contributed by atoms with Crippen molar-refractivity contribution in [3.8, 4) is 0 Å². The van der Waals surface area contributed by atoms with Crippen LogP contribution in [0.25, 0.3) is 0 Å². The van der Waals surface area contributed by atoms with Gasteiger partial charge in [0.1, 0.15) is 5.82 Å². The number of H-pyrrole nitrogens is 1. The van der Waals surface area contributed by atoms with Crippen LogP contribution in [-0.2, 0) is 4.79 Å². The van der Waals surface area contributed by atoms with E-state index in [0.29, 0.717) is 35.1 Å². The molecule has 4 rings (SSSR count). The van der Waals surface area contributed by atoms with Gasteiger partial charge in [0.25, 0.3) is 0 Å². The molecule has 2 aromatic heterocycles. The molecule has 1 fully saturated rings. The smallest absolute Gasteiger partial charge is 0.232 e. The normalized spacial score (nSPS) is 13.4. The Bertz CT molecular complexity index is 982. The number of nitrogens with zero attached hydrogens (tertiary/aromatic N) is 4. The number of rotatable bonds is 7. The minimum absolute atomic E-state index is 0.00702. The van der Waals surface area contributed by atoms with Crippen molar-refractivity contribution in [1.82, 2.24) is 25.1 Å². The molecular weight excluding hydrogens is 374 g/mol. The predicted octanol–water partition coefficient (Wildman–Crippen LogP) is 4.02. The number of hydrogen-bond donors (Lipinski definition) is 3. The van der Waals surface area contributed by atoms with E-state index in [0.717, 1.165) is 16.3 Å². The third-order valence-electron chi connectivity index (χ3n) is 4.25. The first-order chi connectivity index (χ1) is 13.6. The van der Waals surface area contributed by atoms with Crippen molar-refractivity contribution in [2.24, 2.45) is 0 Å². The number of nitrogens with one attached hydrogen (secondary N) is 3. The predicted molar refractivity (Wildman–Crippen MR) is 108 cm³/mol. The van der Waals surface area contributed by atoms with Gasteiger partial charge in [0.05, 0.1) is 0 Å². The lowest BCUT2D eigenvalue weighted by molar-refractivity contribution is -0.115. The van der Waals surface area contributed by atoms with E-state index < -0.39 is 0 Å². The summed E-state index contributed by atoms with van der Waals surface area (Å²) in [5.41, 5.74) is 1.92. The van der Waals surface area contributed by atoms with Crippen molar-refractivity contribution >= 4 is 35.1 Å². The SMILES string of the molecule is CCC(=O)Nc1ccc(Sc2nc(C)nc(Nc3cc(C4CC4)[nH]n3)n2)cc1. The average molecular weight is 395 g/mol. The fraction of sp³-hybridized carbons (Fsp3) is 0.316. The summed E-state index contributed by atoms with van der Waals surface area (Å²) in [6, 6.07) is 9.60. The molecule has 1 aliphatic carbocycles. The quantitative estimate of drug-likeness (QED) is 0.554. The van der Waals surface area contributed by atoms with E-state index >= 15 is 0 Å². The first-order valence-corrected chi connectivity index (χ1v) is 10.0. The molecule has 1 amide bonds. The van der Waals surface area contributed by atoms with Crippen molar-refractivity contribution in [3.63, 3.8) is 0 Å². The number of carbonyl (C=O) groups excluding carboxylic acids is 1. The topological polar surface area (TPSA) is 108 Å². The Labute approximate surface area is 167 Å². The maximum Gasteiger partial charge on any atom is 0.232 e. The van der Waals surface area contributed by atoms with Crippen LogP contribution in [0.15, 0.2) is 40.4 Å². The van der Waals surface area contributed by atoms with E-state index in [1.165, 1.54) is 24.6 Å². The molecule has 28 heavy (non-hydrogen) atoms. The number of aryl methyl sites for hydroxylation is 1. The van der Waals surface area contributed by atoms with Crippen LogP contribution >= 0.6 is 11.8 Å². The minimum Gasteiger partial charge on any atom is -0.326 e. The van der Waals surface area contributed by atoms with Gasteiger partial charge in [-0.25, -0.2) is 4.98 Å². The second-order valence-electron chi connectivity index (χ2n) is 6.62. The van der Waals surface area contributed by atoms with Gasteiger partial charge in [-0.3, -0.25) is 9.89 Å². The molecule has 0 unspecified atom stereocenters. The van der Waals surface area contributed by atoms with Crippen LogP contribution in [0.2, 0.25) is 0 Å². The van der Waals surface area contributed by atoms with E-state index in [4.69, 9.17) is 0 Å². The zero-order chi connectivity index (χ0) is 19.5. The van der Waals surface area contributed by atoms with E-state index in [-0.39, 0.29) is 5.91 Å². The molecule has 2 heterocycles. The summed E-state index contributed by atoms with van der Waals surface area (Å²) >= 11 is 1.44. The molecule has 0 saturated heterocycles. The van der Waals surface area contributed by atoms with Gasteiger partial charge in [0.2, 0.25) is 11.9 Å². The fourth-order valence-electron chi connectivity index (χ4n) is 2.64. The first kappa shape index (κ1) is 18.4. The van der Waals surface area contributed by atoms with Crippen molar-refractivity contribution in [1.29, 1.82) is 0 Å². The van der Waals surface area contributed by atoms with Crippen molar-refractivity contribution in [3.05, 3.63) is 41.9 Å². The van der Waals surface area contributed by atoms with Crippen LogP contribution in [0.5, 0.6) is 0 Å². The summed E-state index contributed by atoms with van der Waals surface area (Å²) in [4.78, 5) is 25.7. The molecule has 8 nitrogen and oxygen atoms in total. The lowest BCUT2D eigenvalue weighted by Gasteiger charge is -2.07. The van der Waals surface area contributed by atoms with Crippen molar-refractivity contribution in [2.45, 2.75) is 49.1 Å². The zero-order valence-corrected chi connectivity index (χ0v) is 16.5. The van der Waals surface area contributed by atoms with Crippen LogP contribution in [0.1, 0.15) is 43.6 Å². The number of carbonyl (C=O) groups is 1. The molecule has 0 radical (unpaired) electrons.